The first kappa shape index (κ1) is 21.0. The number of esters is 1. The van der Waals surface area contributed by atoms with Crippen LogP contribution >= 0.6 is 0 Å². The molecule has 0 atom stereocenters. The smallest absolute Gasteiger partial charge is 0.337 e. The molecule has 2 N–H and O–H groups in total. The summed E-state index contributed by atoms with van der Waals surface area (Å²) in [5.41, 5.74) is 1.02. The minimum absolute atomic E-state index is 0.0595. The summed E-state index contributed by atoms with van der Waals surface area (Å²) < 4.78 is 33.9. The van der Waals surface area contributed by atoms with Gasteiger partial charge in [0.15, 0.2) is 0 Å². The number of nitrogens with one attached hydrogen (secondary N) is 1. The standard InChI is InChI=1S/C20H23N3O5S/c1-20(2,25)13-23-18-9-4-14(10-16(18)12-21-23)11-22-29(26,27)17-7-5-15(6-8-17)19(24)28-3/h4-10,12,22,25H,11,13H2,1-3H3. The second-order valence-electron chi connectivity index (χ2n) is 7.35. The third kappa shape index (κ3) is 5.00. The van der Waals surface area contributed by atoms with Crippen molar-refractivity contribution < 1.29 is 23.1 Å². The van der Waals surface area contributed by atoms with Crippen LogP contribution in [-0.4, -0.2) is 42.0 Å². The Morgan fingerprint density at radius 1 is 1.21 bits per heavy atom. The lowest BCUT2D eigenvalue weighted by molar-refractivity contribution is 0.0587. The molecule has 3 rings (SSSR count). The van der Waals surface area contributed by atoms with Crippen LogP contribution in [0.15, 0.2) is 53.6 Å². The molecule has 0 saturated heterocycles. The zero-order chi connectivity index (χ0) is 21.2. The molecule has 0 aliphatic rings. The number of carbonyl (C=O) groups excluding carboxylic acids is 1. The second-order valence-corrected chi connectivity index (χ2v) is 9.12. The van der Waals surface area contributed by atoms with Gasteiger partial charge in [-0.3, -0.25) is 4.68 Å². The quantitative estimate of drug-likeness (QED) is 0.570. The number of benzene rings is 2. The highest BCUT2D eigenvalue weighted by molar-refractivity contribution is 7.89. The number of carbonyl (C=O) groups is 1. The van der Waals surface area contributed by atoms with Crippen LogP contribution in [0, 0.1) is 0 Å². The van der Waals surface area contributed by atoms with E-state index in [1.807, 2.05) is 18.2 Å². The summed E-state index contributed by atoms with van der Waals surface area (Å²) in [5.74, 6) is -0.527. The third-order valence-corrected chi connectivity index (χ3v) is 5.71. The molecule has 0 aliphatic carbocycles. The van der Waals surface area contributed by atoms with Gasteiger partial charge in [0, 0.05) is 11.9 Å². The van der Waals surface area contributed by atoms with Crippen LogP contribution < -0.4 is 4.72 Å². The van der Waals surface area contributed by atoms with E-state index in [2.05, 4.69) is 14.6 Å². The Balaban J connectivity index is 1.73. The van der Waals surface area contributed by atoms with Crippen LogP contribution in [0.3, 0.4) is 0 Å². The van der Waals surface area contributed by atoms with Crippen LogP contribution in [0.4, 0.5) is 0 Å². The number of fused-ring (bicyclic) bond motifs is 1. The van der Waals surface area contributed by atoms with Crippen LogP contribution in [0.1, 0.15) is 29.8 Å². The van der Waals surface area contributed by atoms with Crippen LogP contribution in [0.2, 0.25) is 0 Å². The number of sulfonamides is 1. The number of hydrogen-bond acceptors (Lipinski definition) is 6. The predicted molar refractivity (Wildman–Crippen MR) is 108 cm³/mol. The van der Waals surface area contributed by atoms with E-state index in [9.17, 15) is 18.3 Å². The maximum Gasteiger partial charge on any atom is 0.337 e. The zero-order valence-electron chi connectivity index (χ0n) is 16.4. The van der Waals surface area contributed by atoms with Crippen molar-refractivity contribution in [1.82, 2.24) is 14.5 Å². The molecule has 0 fully saturated rings. The summed E-state index contributed by atoms with van der Waals surface area (Å²) in [7, 11) is -2.47. The van der Waals surface area contributed by atoms with Gasteiger partial charge in [-0.1, -0.05) is 6.07 Å². The van der Waals surface area contributed by atoms with Gasteiger partial charge in [0.25, 0.3) is 0 Å². The Morgan fingerprint density at radius 2 is 1.90 bits per heavy atom. The zero-order valence-corrected chi connectivity index (χ0v) is 17.2. The van der Waals surface area contributed by atoms with Gasteiger partial charge in [-0.25, -0.2) is 17.9 Å². The monoisotopic (exact) mass is 417 g/mol. The van der Waals surface area contributed by atoms with Gasteiger partial charge in [0.1, 0.15) is 0 Å². The number of rotatable bonds is 7. The van der Waals surface area contributed by atoms with Gasteiger partial charge in [0.2, 0.25) is 10.0 Å². The van der Waals surface area contributed by atoms with Crippen molar-refractivity contribution in [1.29, 1.82) is 0 Å². The van der Waals surface area contributed by atoms with Crippen molar-refractivity contribution >= 4 is 26.9 Å². The summed E-state index contributed by atoms with van der Waals surface area (Å²) in [5, 5.41) is 15.1. The molecule has 0 aliphatic heterocycles. The molecular weight excluding hydrogens is 394 g/mol. The molecule has 0 spiro atoms. The molecule has 2 aromatic carbocycles. The van der Waals surface area contributed by atoms with Gasteiger partial charge < -0.3 is 9.84 Å². The van der Waals surface area contributed by atoms with E-state index in [4.69, 9.17) is 0 Å². The second kappa shape index (κ2) is 7.94. The number of methoxy groups -OCH3 is 1. The summed E-state index contributed by atoms with van der Waals surface area (Å²) >= 11 is 0. The summed E-state index contributed by atoms with van der Waals surface area (Å²) in [6.45, 7) is 3.88. The Kier molecular flexibility index (Phi) is 5.74. The minimum Gasteiger partial charge on any atom is -0.465 e. The number of ether oxygens (including phenoxy) is 1. The largest absolute Gasteiger partial charge is 0.465 e. The van der Waals surface area contributed by atoms with Crippen molar-refractivity contribution in [2.75, 3.05) is 7.11 Å². The van der Waals surface area contributed by atoms with E-state index in [1.54, 1.807) is 24.7 Å². The molecule has 154 valence electrons. The van der Waals surface area contributed by atoms with Crippen LogP contribution in [0.25, 0.3) is 10.9 Å². The third-order valence-electron chi connectivity index (χ3n) is 4.29. The minimum atomic E-state index is -3.74. The highest BCUT2D eigenvalue weighted by Crippen LogP contribution is 2.19. The lowest BCUT2D eigenvalue weighted by Crippen LogP contribution is -2.26. The van der Waals surface area contributed by atoms with E-state index < -0.39 is 21.6 Å². The maximum absolute atomic E-state index is 12.5. The fraction of sp³-hybridized carbons (Fsp3) is 0.300. The normalized spacial score (nSPS) is 12.3. The fourth-order valence-electron chi connectivity index (χ4n) is 2.89. The molecule has 8 nitrogen and oxygen atoms in total. The predicted octanol–water partition coefficient (Wildman–Crippen LogP) is 2.07. The van der Waals surface area contributed by atoms with Crippen LogP contribution in [0.5, 0.6) is 0 Å². The first-order valence-electron chi connectivity index (χ1n) is 8.94. The average Bonchev–Trinajstić information content (AvgIpc) is 3.06. The molecule has 0 bridgehead atoms. The van der Waals surface area contributed by atoms with Crippen molar-refractivity contribution in [3.63, 3.8) is 0 Å². The molecule has 0 unspecified atom stereocenters. The van der Waals surface area contributed by atoms with Gasteiger partial charge in [0.05, 0.1) is 41.4 Å². The van der Waals surface area contributed by atoms with E-state index in [1.165, 1.54) is 31.4 Å². The first-order valence-corrected chi connectivity index (χ1v) is 10.4. The van der Waals surface area contributed by atoms with Gasteiger partial charge >= 0.3 is 5.97 Å². The Hall–Kier alpha value is -2.75. The van der Waals surface area contributed by atoms with Crippen molar-refractivity contribution in [3.8, 4) is 0 Å². The summed E-state index contributed by atoms with van der Waals surface area (Å²) in [6, 6.07) is 11.0. The molecular formula is C20H23N3O5S. The summed E-state index contributed by atoms with van der Waals surface area (Å²) in [6.07, 6.45) is 1.69. The Bertz CT molecular complexity index is 1130. The number of aliphatic hydroxyl groups is 1. The Morgan fingerprint density at radius 3 is 2.52 bits per heavy atom. The molecule has 3 aromatic rings. The maximum atomic E-state index is 12.5. The topological polar surface area (TPSA) is 111 Å². The van der Waals surface area contributed by atoms with Crippen molar-refractivity contribution in [2.24, 2.45) is 0 Å². The highest BCUT2D eigenvalue weighted by atomic mass is 32.2. The van der Waals surface area contributed by atoms with Crippen molar-refractivity contribution in [3.05, 3.63) is 59.8 Å². The van der Waals surface area contributed by atoms with E-state index in [0.717, 1.165) is 16.5 Å². The van der Waals surface area contributed by atoms with E-state index >= 15 is 0 Å². The number of hydrogen-bond donors (Lipinski definition) is 2. The molecule has 0 radical (unpaired) electrons. The molecule has 0 saturated carbocycles. The lowest BCUT2D eigenvalue weighted by Gasteiger charge is -2.17. The lowest BCUT2D eigenvalue weighted by atomic mass is 10.1. The number of nitrogens with zero attached hydrogens (tertiary/aromatic N) is 2. The fourth-order valence-corrected chi connectivity index (χ4v) is 3.91. The van der Waals surface area contributed by atoms with E-state index in [-0.39, 0.29) is 17.0 Å². The Labute approximate surface area is 169 Å². The van der Waals surface area contributed by atoms with Gasteiger partial charge in [-0.05, 0) is 55.8 Å². The van der Waals surface area contributed by atoms with Crippen molar-refractivity contribution in [2.45, 2.75) is 37.4 Å². The highest BCUT2D eigenvalue weighted by Gasteiger charge is 2.17. The first-order chi connectivity index (χ1) is 13.6. The summed E-state index contributed by atoms with van der Waals surface area (Å²) in [4.78, 5) is 11.5. The van der Waals surface area contributed by atoms with E-state index in [0.29, 0.717) is 6.54 Å². The SMILES string of the molecule is COC(=O)c1ccc(S(=O)(=O)NCc2ccc3c(cnn3CC(C)(C)O)c2)cc1. The van der Waals surface area contributed by atoms with Crippen LogP contribution in [-0.2, 0) is 27.8 Å². The molecule has 1 aromatic heterocycles. The molecule has 0 amide bonds. The molecule has 9 heteroatoms. The molecule has 1 heterocycles. The van der Waals surface area contributed by atoms with Gasteiger partial charge in [-0.15, -0.1) is 0 Å². The van der Waals surface area contributed by atoms with Gasteiger partial charge in [-0.2, -0.15) is 5.10 Å². The average molecular weight is 417 g/mol. The number of aromatic nitrogens is 2. The molecule has 29 heavy (non-hydrogen) atoms.